The van der Waals surface area contributed by atoms with E-state index >= 15 is 0 Å². The Kier molecular flexibility index (Phi) is 4.46. The molecule has 0 saturated heterocycles. The van der Waals surface area contributed by atoms with Crippen molar-refractivity contribution in [1.82, 2.24) is 0 Å². The number of carbonyl (C=O) groups excluding carboxylic acids is 1. The first-order chi connectivity index (χ1) is 5.10. The Bertz CT molecular complexity index is 156. The zero-order valence-corrected chi connectivity index (χ0v) is 8.93. The first-order valence-electron chi connectivity index (χ1n) is 3.35. The summed E-state index contributed by atoms with van der Waals surface area (Å²) in [6, 6.07) is 0. The molecule has 0 saturated carbocycles. The Morgan fingerprint density at radius 1 is 1.82 bits per heavy atom. The van der Waals surface area contributed by atoms with E-state index in [2.05, 4.69) is 11.3 Å². The van der Waals surface area contributed by atoms with Crippen molar-refractivity contribution in [2.45, 2.75) is 23.5 Å². The van der Waals surface area contributed by atoms with Crippen molar-refractivity contribution in [3.05, 3.63) is 12.7 Å². The van der Waals surface area contributed by atoms with Crippen LogP contribution in [-0.4, -0.2) is 28.0 Å². The molecule has 0 aliphatic rings. The van der Waals surface area contributed by atoms with E-state index in [1.165, 1.54) is 7.11 Å². The fraction of sp³-hybridized carbons (Fsp3) is 0.625. The third-order valence-corrected chi connectivity index (χ3v) is 4.19. The summed E-state index contributed by atoms with van der Waals surface area (Å²) in [6.07, 6.45) is 2.47. The Morgan fingerprint density at radius 3 is 2.64 bits per heavy atom. The second kappa shape index (κ2) is 4.58. The van der Waals surface area contributed by atoms with Gasteiger partial charge in [0.2, 0.25) is 0 Å². The molecular formula is C8H14O2Se. The molecule has 64 valence electrons. The number of hydrogen-bond donors (Lipinski definition) is 0. The van der Waals surface area contributed by atoms with E-state index < -0.39 is 0 Å². The number of esters is 1. The van der Waals surface area contributed by atoms with E-state index in [-0.39, 0.29) is 25.2 Å². The van der Waals surface area contributed by atoms with E-state index in [4.69, 9.17) is 0 Å². The van der Waals surface area contributed by atoms with E-state index in [1.54, 1.807) is 6.08 Å². The topological polar surface area (TPSA) is 26.3 Å². The molecule has 0 heterocycles. The van der Waals surface area contributed by atoms with Crippen molar-refractivity contribution in [3.8, 4) is 0 Å². The third-order valence-electron chi connectivity index (χ3n) is 1.60. The molecule has 0 N–H and O–H groups in total. The molecule has 2 nitrogen and oxygen atoms in total. The van der Waals surface area contributed by atoms with Crippen molar-refractivity contribution in [1.29, 1.82) is 0 Å². The van der Waals surface area contributed by atoms with Crippen LogP contribution in [-0.2, 0) is 9.53 Å². The number of carbonyl (C=O) groups is 1. The number of methoxy groups -OCH3 is 1. The van der Waals surface area contributed by atoms with Crippen LogP contribution in [0.3, 0.4) is 0 Å². The molecule has 1 atom stereocenters. The molecule has 0 amide bonds. The minimum atomic E-state index is -0.316. The van der Waals surface area contributed by atoms with Crippen LogP contribution in [0.1, 0.15) is 13.3 Å². The van der Waals surface area contributed by atoms with Gasteiger partial charge in [0.1, 0.15) is 0 Å². The molecule has 0 spiro atoms. The second-order valence-electron chi connectivity index (χ2n) is 2.42. The van der Waals surface area contributed by atoms with Crippen molar-refractivity contribution in [2.24, 2.45) is 0 Å². The van der Waals surface area contributed by atoms with Crippen molar-refractivity contribution >= 4 is 20.9 Å². The van der Waals surface area contributed by atoms with Gasteiger partial charge in [0.05, 0.1) is 0 Å². The molecule has 0 aliphatic heterocycles. The molecule has 0 aromatic carbocycles. The summed E-state index contributed by atoms with van der Waals surface area (Å²) in [7, 11) is 1.43. The Hall–Kier alpha value is -0.271. The quantitative estimate of drug-likeness (QED) is 0.410. The van der Waals surface area contributed by atoms with E-state index in [9.17, 15) is 4.79 Å². The van der Waals surface area contributed by atoms with Crippen molar-refractivity contribution in [3.63, 3.8) is 0 Å². The monoisotopic (exact) mass is 222 g/mol. The van der Waals surface area contributed by atoms with Crippen molar-refractivity contribution < 1.29 is 9.53 Å². The van der Waals surface area contributed by atoms with Gasteiger partial charge in [-0.1, -0.05) is 0 Å². The molecule has 0 fully saturated rings. The number of hydrogen-bond acceptors (Lipinski definition) is 2. The standard InChI is InChI=1S/C8H14O2Se/c1-5-6-8(2,11-4)7(9)10-3/h5H,1,6H2,2-4H3. The van der Waals surface area contributed by atoms with Gasteiger partial charge < -0.3 is 0 Å². The van der Waals surface area contributed by atoms with Gasteiger partial charge in [-0.05, 0) is 0 Å². The van der Waals surface area contributed by atoms with Crippen LogP contribution in [0.4, 0.5) is 0 Å². The van der Waals surface area contributed by atoms with Crippen LogP contribution in [0.2, 0.25) is 10.1 Å². The SMILES string of the molecule is C=CCC(C)([Se]C)C(=O)OC. The summed E-state index contributed by atoms with van der Waals surface area (Å²) in [5, 5.41) is 0. The fourth-order valence-corrected chi connectivity index (χ4v) is 1.86. The normalized spacial score (nSPS) is 15.2. The molecule has 0 bridgehead atoms. The summed E-state index contributed by atoms with van der Waals surface area (Å²) in [4.78, 5) is 11.2. The minimum absolute atomic E-state index is 0.125. The molecule has 1 unspecified atom stereocenters. The van der Waals surface area contributed by atoms with E-state index in [0.717, 1.165) is 0 Å². The summed E-state index contributed by atoms with van der Waals surface area (Å²) < 4.78 is 4.37. The van der Waals surface area contributed by atoms with Gasteiger partial charge in [0.15, 0.2) is 0 Å². The molecular weight excluding hydrogens is 207 g/mol. The molecule has 0 aliphatic carbocycles. The third kappa shape index (κ3) is 2.68. The molecule has 3 heteroatoms. The summed E-state index contributed by atoms with van der Waals surface area (Å²) >= 11 is 0.258. The second-order valence-corrected chi connectivity index (χ2v) is 5.17. The Labute approximate surface area is 74.2 Å². The first kappa shape index (κ1) is 10.7. The van der Waals surface area contributed by atoms with Gasteiger partial charge in [-0.15, -0.1) is 0 Å². The van der Waals surface area contributed by atoms with Gasteiger partial charge in [0, 0.05) is 0 Å². The molecule has 0 rings (SSSR count). The summed E-state index contributed by atoms with van der Waals surface area (Å²) in [5.41, 5.74) is 0. The molecule has 0 aromatic rings. The van der Waals surface area contributed by atoms with Crippen LogP contribution in [0.15, 0.2) is 12.7 Å². The number of ether oxygens (including phenoxy) is 1. The van der Waals surface area contributed by atoms with E-state index in [1.807, 2.05) is 12.7 Å². The fourth-order valence-electron chi connectivity index (χ4n) is 0.741. The van der Waals surface area contributed by atoms with Crippen LogP contribution in [0.5, 0.6) is 0 Å². The van der Waals surface area contributed by atoms with Crippen LogP contribution in [0.25, 0.3) is 0 Å². The number of allylic oxidation sites excluding steroid dienone is 1. The van der Waals surface area contributed by atoms with Crippen LogP contribution in [0, 0.1) is 0 Å². The Morgan fingerprint density at radius 2 is 2.36 bits per heavy atom. The average molecular weight is 221 g/mol. The number of rotatable bonds is 4. The maximum absolute atomic E-state index is 11.2. The Balaban J connectivity index is 4.31. The maximum atomic E-state index is 11.2. The van der Waals surface area contributed by atoms with Crippen LogP contribution >= 0.6 is 0 Å². The van der Waals surface area contributed by atoms with Gasteiger partial charge in [-0.2, -0.15) is 0 Å². The predicted molar refractivity (Wildman–Crippen MR) is 46.8 cm³/mol. The first-order valence-corrected chi connectivity index (χ1v) is 5.92. The predicted octanol–water partition coefficient (Wildman–Crippen LogP) is 1.67. The van der Waals surface area contributed by atoms with Gasteiger partial charge in [-0.3, -0.25) is 0 Å². The van der Waals surface area contributed by atoms with Gasteiger partial charge >= 0.3 is 73.7 Å². The van der Waals surface area contributed by atoms with Gasteiger partial charge in [0.25, 0.3) is 0 Å². The molecule has 0 radical (unpaired) electrons. The summed E-state index contributed by atoms with van der Waals surface area (Å²) in [5.74, 6) is 1.91. The van der Waals surface area contributed by atoms with Crippen LogP contribution < -0.4 is 0 Å². The van der Waals surface area contributed by atoms with Gasteiger partial charge in [-0.25, -0.2) is 0 Å². The van der Waals surface area contributed by atoms with E-state index in [0.29, 0.717) is 6.42 Å². The zero-order chi connectivity index (χ0) is 8.91. The summed E-state index contributed by atoms with van der Waals surface area (Å²) in [6.45, 7) is 5.53. The molecule has 11 heavy (non-hydrogen) atoms. The zero-order valence-electron chi connectivity index (χ0n) is 7.22. The average Bonchev–Trinajstić information content (AvgIpc) is 2.03. The molecule has 0 aromatic heterocycles. The van der Waals surface area contributed by atoms with Crippen molar-refractivity contribution in [2.75, 3.05) is 7.11 Å².